The fourth-order valence-electron chi connectivity index (χ4n) is 3.87. The summed E-state index contributed by atoms with van der Waals surface area (Å²) in [4.78, 5) is 14.5. The lowest BCUT2D eigenvalue weighted by atomic mass is 10.0. The summed E-state index contributed by atoms with van der Waals surface area (Å²) in [5, 5.41) is -0.638. The van der Waals surface area contributed by atoms with Crippen molar-refractivity contribution in [1.29, 1.82) is 0 Å². The fraction of sp³-hybridized carbons (Fsp3) is 0.923. The molecule has 19 heavy (non-hydrogen) atoms. The number of rotatable bonds is 1. The molecule has 0 aromatic carbocycles. The summed E-state index contributed by atoms with van der Waals surface area (Å²) >= 11 is 6.20. The molecule has 0 aromatic heterocycles. The number of carbonyl (C=O) groups excluding carboxylic acids is 1. The van der Waals surface area contributed by atoms with E-state index in [4.69, 9.17) is 11.6 Å². The second-order valence-electron chi connectivity index (χ2n) is 6.05. The van der Waals surface area contributed by atoms with Gasteiger partial charge >= 0.3 is 0 Å². The fourth-order valence-corrected chi connectivity index (χ4v) is 6.13. The number of halogens is 1. The van der Waals surface area contributed by atoms with Crippen LogP contribution >= 0.6 is 11.6 Å². The topological polar surface area (TPSA) is 54.5 Å². The summed E-state index contributed by atoms with van der Waals surface area (Å²) in [5.41, 5.74) is 0. The average Bonchev–Trinajstić information content (AvgIpc) is 2.60. The highest BCUT2D eigenvalue weighted by molar-refractivity contribution is 7.92. The summed E-state index contributed by atoms with van der Waals surface area (Å²) in [6, 6.07) is 0.344. The Kier molecular flexibility index (Phi) is 3.54. The van der Waals surface area contributed by atoms with Gasteiger partial charge in [-0.05, 0) is 38.5 Å². The quantitative estimate of drug-likeness (QED) is 0.693. The van der Waals surface area contributed by atoms with Crippen LogP contribution in [0.3, 0.4) is 0 Å². The maximum atomic E-state index is 12.6. The van der Waals surface area contributed by atoms with Crippen molar-refractivity contribution in [2.75, 3.05) is 5.75 Å². The van der Waals surface area contributed by atoms with Gasteiger partial charge in [-0.2, -0.15) is 0 Å². The van der Waals surface area contributed by atoms with Gasteiger partial charge in [0.1, 0.15) is 5.25 Å². The third-order valence-corrected chi connectivity index (χ3v) is 7.30. The van der Waals surface area contributed by atoms with Gasteiger partial charge in [0.25, 0.3) is 0 Å². The molecule has 3 heterocycles. The second kappa shape index (κ2) is 4.92. The smallest absolute Gasteiger partial charge is 0.241 e. The predicted octanol–water partition coefficient (Wildman–Crippen LogP) is 1.71. The monoisotopic (exact) mass is 305 g/mol. The molecule has 6 heteroatoms. The second-order valence-corrected chi connectivity index (χ2v) is 8.97. The first-order valence-electron chi connectivity index (χ1n) is 7.17. The summed E-state index contributed by atoms with van der Waals surface area (Å²) < 4.78 is 24.2. The van der Waals surface area contributed by atoms with Crippen molar-refractivity contribution in [3.63, 3.8) is 0 Å². The molecule has 0 spiro atoms. The van der Waals surface area contributed by atoms with Crippen LogP contribution in [0.5, 0.6) is 0 Å². The third-order valence-electron chi connectivity index (χ3n) is 4.78. The Morgan fingerprint density at radius 2 is 1.68 bits per heavy atom. The summed E-state index contributed by atoms with van der Waals surface area (Å²) in [5.74, 6) is 0.0285. The molecule has 3 saturated heterocycles. The van der Waals surface area contributed by atoms with Crippen LogP contribution in [0, 0.1) is 0 Å². The van der Waals surface area contributed by atoms with E-state index in [2.05, 4.69) is 0 Å². The minimum Gasteiger partial charge on any atom is -0.335 e. The van der Waals surface area contributed by atoms with Gasteiger partial charge in [0.15, 0.2) is 9.84 Å². The van der Waals surface area contributed by atoms with Gasteiger partial charge in [0, 0.05) is 17.5 Å². The molecule has 0 saturated carbocycles. The lowest BCUT2D eigenvalue weighted by Crippen LogP contribution is -2.53. The molecule has 0 aromatic rings. The zero-order valence-electron chi connectivity index (χ0n) is 10.9. The SMILES string of the molecule is O=C(C1CCCCS1(=O)=O)N1C2CCC1CC(Cl)C2. The number of piperidine rings is 1. The van der Waals surface area contributed by atoms with Gasteiger partial charge in [-0.1, -0.05) is 6.42 Å². The van der Waals surface area contributed by atoms with Crippen LogP contribution < -0.4 is 0 Å². The summed E-state index contributed by atoms with van der Waals surface area (Å²) in [6.07, 6.45) is 5.63. The first kappa shape index (κ1) is 13.7. The molecule has 3 aliphatic heterocycles. The summed E-state index contributed by atoms with van der Waals surface area (Å²) in [6.45, 7) is 0. The Balaban J connectivity index is 1.81. The van der Waals surface area contributed by atoms with Crippen LogP contribution in [0.25, 0.3) is 0 Å². The van der Waals surface area contributed by atoms with E-state index in [0.717, 1.165) is 32.1 Å². The largest absolute Gasteiger partial charge is 0.335 e. The Morgan fingerprint density at radius 1 is 1.05 bits per heavy atom. The molecular weight excluding hydrogens is 286 g/mol. The van der Waals surface area contributed by atoms with Crippen molar-refractivity contribution in [2.24, 2.45) is 0 Å². The molecule has 0 radical (unpaired) electrons. The standard InChI is InChI=1S/C13H20ClNO3S/c14-9-7-10-4-5-11(8-9)15(10)13(16)12-3-1-2-6-19(12,17)18/h9-12H,1-8H2. The van der Waals surface area contributed by atoms with Crippen LogP contribution in [0.15, 0.2) is 0 Å². The highest BCUT2D eigenvalue weighted by atomic mass is 35.5. The van der Waals surface area contributed by atoms with E-state index in [9.17, 15) is 13.2 Å². The molecular formula is C13H20ClNO3S. The molecule has 4 nitrogen and oxygen atoms in total. The Bertz CT molecular complexity index is 464. The highest BCUT2D eigenvalue weighted by Gasteiger charge is 2.47. The summed E-state index contributed by atoms with van der Waals surface area (Å²) in [7, 11) is -3.23. The Hall–Kier alpha value is -0.290. The lowest BCUT2D eigenvalue weighted by Gasteiger charge is -2.39. The van der Waals surface area contributed by atoms with E-state index in [0.29, 0.717) is 12.8 Å². The van der Waals surface area contributed by atoms with Crippen molar-refractivity contribution in [3.8, 4) is 0 Å². The minimum absolute atomic E-state index is 0.143. The third kappa shape index (κ3) is 2.40. The normalized spacial score (nSPS) is 41.2. The van der Waals surface area contributed by atoms with Gasteiger partial charge in [0.05, 0.1) is 5.75 Å². The molecule has 1 amide bonds. The predicted molar refractivity (Wildman–Crippen MR) is 74.0 cm³/mol. The molecule has 3 rings (SSSR count). The number of sulfone groups is 1. The zero-order valence-corrected chi connectivity index (χ0v) is 12.5. The van der Waals surface area contributed by atoms with E-state index < -0.39 is 15.1 Å². The number of amides is 1. The van der Waals surface area contributed by atoms with E-state index in [1.807, 2.05) is 4.90 Å². The van der Waals surface area contributed by atoms with Gasteiger partial charge in [0.2, 0.25) is 5.91 Å². The highest BCUT2D eigenvalue weighted by Crippen LogP contribution is 2.39. The first-order valence-corrected chi connectivity index (χ1v) is 9.32. The van der Waals surface area contributed by atoms with Gasteiger partial charge in [-0.3, -0.25) is 4.79 Å². The molecule has 3 fully saturated rings. The van der Waals surface area contributed by atoms with E-state index in [1.54, 1.807) is 0 Å². The van der Waals surface area contributed by atoms with Crippen LogP contribution in [0.1, 0.15) is 44.9 Å². The molecule has 3 unspecified atom stereocenters. The molecule has 0 N–H and O–H groups in total. The molecule has 108 valence electrons. The van der Waals surface area contributed by atoms with Crippen LogP contribution in [-0.4, -0.2) is 47.7 Å². The average molecular weight is 306 g/mol. The number of hydrogen-bond acceptors (Lipinski definition) is 3. The number of carbonyl (C=O) groups is 1. The van der Waals surface area contributed by atoms with E-state index in [-0.39, 0.29) is 29.1 Å². The number of nitrogens with zero attached hydrogens (tertiary/aromatic N) is 1. The van der Waals surface area contributed by atoms with Gasteiger partial charge in [-0.25, -0.2) is 8.42 Å². The van der Waals surface area contributed by atoms with Crippen LogP contribution in [0.2, 0.25) is 0 Å². The van der Waals surface area contributed by atoms with Gasteiger partial charge < -0.3 is 4.90 Å². The maximum absolute atomic E-state index is 12.6. The number of alkyl halides is 1. The number of fused-ring (bicyclic) bond motifs is 2. The molecule has 3 atom stereocenters. The zero-order chi connectivity index (χ0) is 13.6. The van der Waals surface area contributed by atoms with Crippen molar-refractivity contribution < 1.29 is 13.2 Å². The van der Waals surface area contributed by atoms with Crippen molar-refractivity contribution >= 4 is 27.3 Å². The van der Waals surface area contributed by atoms with Crippen molar-refractivity contribution in [1.82, 2.24) is 4.90 Å². The first-order chi connectivity index (χ1) is 8.99. The minimum atomic E-state index is -3.23. The van der Waals surface area contributed by atoms with Crippen LogP contribution in [-0.2, 0) is 14.6 Å². The molecule has 2 bridgehead atoms. The Morgan fingerprint density at radius 3 is 2.26 bits per heavy atom. The number of hydrogen-bond donors (Lipinski definition) is 0. The van der Waals surface area contributed by atoms with E-state index in [1.165, 1.54) is 0 Å². The van der Waals surface area contributed by atoms with Crippen molar-refractivity contribution in [3.05, 3.63) is 0 Å². The van der Waals surface area contributed by atoms with Crippen LogP contribution in [0.4, 0.5) is 0 Å². The maximum Gasteiger partial charge on any atom is 0.241 e. The lowest BCUT2D eigenvalue weighted by molar-refractivity contribution is -0.135. The van der Waals surface area contributed by atoms with Gasteiger partial charge in [-0.15, -0.1) is 11.6 Å². The molecule has 3 aliphatic rings. The van der Waals surface area contributed by atoms with E-state index >= 15 is 0 Å². The Labute approximate surface area is 119 Å². The van der Waals surface area contributed by atoms with Crippen molar-refractivity contribution in [2.45, 2.75) is 67.7 Å². The molecule has 0 aliphatic carbocycles.